The second-order valence-corrected chi connectivity index (χ2v) is 6.86. The Bertz CT molecular complexity index is 1130. The molecule has 28 heavy (non-hydrogen) atoms. The van der Waals surface area contributed by atoms with Gasteiger partial charge in [-0.1, -0.05) is 47.5 Å². The molecule has 0 spiro atoms. The van der Waals surface area contributed by atoms with Gasteiger partial charge in [-0.25, -0.2) is 4.79 Å². The van der Waals surface area contributed by atoms with Gasteiger partial charge in [0.15, 0.2) is 5.76 Å². The topological polar surface area (TPSA) is 52.6 Å². The highest BCUT2D eigenvalue weighted by Gasteiger charge is 2.28. The lowest BCUT2D eigenvalue weighted by molar-refractivity contribution is 0.0734. The Balaban J connectivity index is 1.57. The molecule has 6 heteroatoms. The number of rotatable bonds is 3. The van der Waals surface area contributed by atoms with E-state index in [0.717, 1.165) is 0 Å². The van der Waals surface area contributed by atoms with Crippen molar-refractivity contribution >= 4 is 41.0 Å². The number of halogens is 2. The molecule has 0 aromatic heterocycles. The van der Waals surface area contributed by atoms with Crippen molar-refractivity contribution in [2.45, 2.75) is 0 Å². The molecule has 138 valence electrons. The van der Waals surface area contributed by atoms with Crippen LogP contribution < -0.4 is 9.47 Å². The summed E-state index contributed by atoms with van der Waals surface area (Å²) in [6.45, 7) is 0. The number of fused-ring (bicyclic) bond motifs is 1. The first kappa shape index (κ1) is 18.3. The van der Waals surface area contributed by atoms with E-state index >= 15 is 0 Å². The van der Waals surface area contributed by atoms with Gasteiger partial charge in [0.05, 0.1) is 11.1 Å². The van der Waals surface area contributed by atoms with Crippen molar-refractivity contribution in [1.82, 2.24) is 0 Å². The highest BCUT2D eigenvalue weighted by molar-refractivity contribution is 6.32. The lowest BCUT2D eigenvalue weighted by Crippen LogP contribution is -2.08. The lowest BCUT2D eigenvalue weighted by atomic mass is 10.1. The van der Waals surface area contributed by atoms with Crippen molar-refractivity contribution in [3.05, 3.63) is 99.2 Å². The zero-order valence-corrected chi connectivity index (χ0v) is 15.8. The number of Topliss-reactive ketones (excluding diaryl/α,β-unsaturated/α-hetero) is 1. The second kappa shape index (κ2) is 7.50. The van der Waals surface area contributed by atoms with E-state index in [4.69, 9.17) is 32.7 Å². The molecular weight excluding hydrogens is 399 g/mol. The zero-order valence-electron chi connectivity index (χ0n) is 14.3. The molecule has 0 atom stereocenters. The Labute approximate surface area is 170 Å². The fraction of sp³-hybridized carbons (Fsp3) is 0. The number of benzene rings is 3. The molecule has 0 saturated heterocycles. The van der Waals surface area contributed by atoms with Crippen LogP contribution >= 0.6 is 23.2 Å². The van der Waals surface area contributed by atoms with Crippen LogP contribution in [0.15, 0.2) is 72.5 Å². The van der Waals surface area contributed by atoms with Crippen molar-refractivity contribution < 1.29 is 19.1 Å². The maximum atomic E-state index is 12.5. The van der Waals surface area contributed by atoms with Gasteiger partial charge in [0.25, 0.3) is 0 Å². The van der Waals surface area contributed by atoms with Crippen LogP contribution in [0.4, 0.5) is 0 Å². The smallest absolute Gasteiger partial charge is 0.343 e. The van der Waals surface area contributed by atoms with Crippen LogP contribution in [0.5, 0.6) is 11.5 Å². The highest BCUT2D eigenvalue weighted by atomic mass is 35.5. The number of carbonyl (C=O) groups is 2. The third-order valence-corrected chi connectivity index (χ3v) is 4.68. The van der Waals surface area contributed by atoms with E-state index in [1.165, 1.54) is 12.1 Å². The van der Waals surface area contributed by atoms with Gasteiger partial charge < -0.3 is 9.47 Å². The minimum Gasteiger partial charge on any atom is -0.452 e. The van der Waals surface area contributed by atoms with E-state index in [0.29, 0.717) is 32.5 Å². The largest absolute Gasteiger partial charge is 0.452 e. The van der Waals surface area contributed by atoms with E-state index in [2.05, 4.69) is 0 Å². The molecule has 1 heterocycles. The molecule has 0 saturated carbocycles. The van der Waals surface area contributed by atoms with Crippen LogP contribution in [-0.4, -0.2) is 11.8 Å². The average molecular weight is 411 g/mol. The molecule has 0 bridgehead atoms. The minimum atomic E-state index is -0.557. The number of allylic oxidation sites excluding steroid dienone is 1. The van der Waals surface area contributed by atoms with Gasteiger partial charge in [-0.2, -0.15) is 0 Å². The third kappa shape index (κ3) is 3.65. The predicted molar refractivity (Wildman–Crippen MR) is 107 cm³/mol. The predicted octanol–water partition coefficient (Wildman–Crippen LogP) is 5.83. The Morgan fingerprint density at radius 1 is 0.964 bits per heavy atom. The Kier molecular flexibility index (Phi) is 4.90. The molecule has 4 nitrogen and oxygen atoms in total. The summed E-state index contributed by atoms with van der Waals surface area (Å²) in [5.74, 6) is -0.0853. The van der Waals surface area contributed by atoms with Gasteiger partial charge in [-0.3, -0.25) is 4.79 Å². The molecule has 0 N–H and O–H groups in total. The number of esters is 1. The standard InChI is InChI=1S/C22H12Cl2O4/c23-15-6-3-5-14(10-15)22(26)27-16-8-9-17-19(12-16)28-20(21(17)25)11-13-4-1-2-7-18(13)24/h1-12H/b20-11-. The van der Waals surface area contributed by atoms with E-state index < -0.39 is 5.97 Å². The Morgan fingerprint density at radius 3 is 2.57 bits per heavy atom. The number of hydrogen-bond donors (Lipinski definition) is 0. The van der Waals surface area contributed by atoms with Crippen LogP contribution in [0.25, 0.3) is 6.08 Å². The van der Waals surface area contributed by atoms with Gasteiger partial charge >= 0.3 is 5.97 Å². The fourth-order valence-corrected chi connectivity index (χ4v) is 3.13. The van der Waals surface area contributed by atoms with Gasteiger partial charge in [0.1, 0.15) is 11.5 Å². The van der Waals surface area contributed by atoms with Gasteiger partial charge in [0, 0.05) is 16.1 Å². The molecule has 3 aromatic carbocycles. The molecular formula is C22H12Cl2O4. The Hall–Kier alpha value is -3.08. The van der Waals surface area contributed by atoms with Crippen molar-refractivity contribution in [1.29, 1.82) is 0 Å². The number of ether oxygens (including phenoxy) is 2. The van der Waals surface area contributed by atoms with Gasteiger partial charge in [0.2, 0.25) is 5.78 Å². The van der Waals surface area contributed by atoms with Crippen LogP contribution in [-0.2, 0) is 0 Å². The zero-order chi connectivity index (χ0) is 19.7. The normalized spacial score (nSPS) is 13.9. The lowest BCUT2D eigenvalue weighted by Gasteiger charge is -2.06. The summed E-state index contributed by atoms with van der Waals surface area (Å²) in [6.07, 6.45) is 1.59. The molecule has 0 aliphatic carbocycles. The maximum absolute atomic E-state index is 12.5. The first-order chi connectivity index (χ1) is 13.5. The van der Waals surface area contributed by atoms with Gasteiger partial charge in [-0.15, -0.1) is 0 Å². The van der Waals surface area contributed by atoms with Crippen molar-refractivity contribution in [3.8, 4) is 11.5 Å². The molecule has 0 radical (unpaired) electrons. The number of ketones is 1. The molecule has 0 amide bonds. The molecule has 3 aromatic rings. The Morgan fingerprint density at radius 2 is 1.79 bits per heavy atom. The first-order valence-electron chi connectivity index (χ1n) is 8.32. The summed E-state index contributed by atoms with van der Waals surface area (Å²) < 4.78 is 11.0. The van der Waals surface area contributed by atoms with Crippen LogP contribution in [0.1, 0.15) is 26.3 Å². The van der Waals surface area contributed by atoms with Crippen molar-refractivity contribution in [2.24, 2.45) is 0 Å². The summed E-state index contributed by atoms with van der Waals surface area (Å²) in [5.41, 5.74) is 1.39. The highest BCUT2D eigenvalue weighted by Crippen LogP contribution is 2.35. The van der Waals surface area contributed by atoms with Crippen LogP contribution in [0, 0.1) is 0 Å². The summed E-state index contributed by atoms with van der Waals surface area (Å²) in [5, 5.41) is 0.949. The number of hydrogen-bond acceptors (Lipinski definition) is 4. The average Bonchev–Trinajstić information content (AvgIpc) is 2.98. The maximum Gasteiger partial charge on any atom is 0.343 e. The molecule has 4 rings (SSSR count). The SMILES string of the molecule is O=C(Oc1ccc2c(c1)O/C(=C\c1ccccc1Cl)C2=O)c1cccc(Cl)c1. The fourth-order valence-electron chi connectivity index (χ4n) is 2.75. The minimum absolute atomic E-state index is 0.154. The molecule has 0 fully saturated rings. The summed E-state index contributed by atoms with van der Waals surface area (Å²) in [4.78, 5) is 24.8. The monoisotopic (exact) mass is 410 g/mol. The molecule has 0 unspecified atom stereocenters. The summed E-state index contributed by atoms with van der Waals surface area (Å²) in [6, 6.07) is 18.2. The van der Waals surface area contributed by atoms with Gasteiger partial charge in [-0.05, 0) is 48.0 Å². The second-order valence-electron chi connectivity index (χ2n) is 6.02. The van der Waals surface area contributed by atoms with Crippen molar-refractivity contribution in [2.75, 3.05) is 0 Å². The third-order valence-electron chi connectivity index (χ3n) is 4.10. The summed E-state index contributed by atoms with van der Waals surface area (Å²) in [7, 11) is 0. The number of carbonyl (C=O) groups excluding carboxylic acids is 2. The molecule has 1 aliphatic rings. The van der Waals surface area contributed by atoms with E-state index in [1.54, 1.807) is 54.6 Å². The molecule has 1 aliphatic heterocycles. The van der Waals surface area contributed by atoms with Crippen LogP contribution in [0.2, 0.25) is 10.0 Å². The summed E-state index contributed by atoms with van der Waals surface area (Å²) >= 11 is 12.0. The first-order valence-corrected chi connectivity index (χ1v) is 9.07. The van der Waals surface area contributed by atoms with E-state index in [-0.39, 0.29) is 17.3 Å². The van der Waals surface area contributed by atoms with Crippen LogP contribution in [0.3, 0.4) is 0 Å². The quantitative estimate of drug-likeness (QED) is 0.309. The van der Waals surface area contributed by atoms with E-state index in [9.17, 15) is 9.59 Å². The van der Waals surface area contributed by atoms with E-state index in [1.807, 2.05) is 6.07 Å². The van der Waals surface area contributed by atoms with Crippen molar-refractivity contribution in [3.63, 3.8) is 0 Å².